The Bertz CT molecular complexity index is 1300. The summed E-state index contributed by atoms with van der Waals surface area (Å²) in [4.78, 5) is 17.2. The van der Waals surface area contributed by atoms with Crippen LogP contribution in [0.2, 0.25) is 0 Å². The molecule has 0 radical (unpaired) electrons. The second kappa shape index (κ2) is 11.6. The first-order valence-corrected chi connectivity index (χ1v) is 12.1. The number of benzene rings is 3. The molecule has 35 heavy (non-hydrogen) atoms. The molecule has 0 saturated heterocycles. The Labute approximate surface area is 206 Å². The van der Waals surface area contributed by atoms with Gasteiger partial charge in [0, 0.05) is 19.5 Å². The fraction of sp³-hybridized carbons (Fsp3) is 0.310. The molecule has 4 rings (SSSR count). The number of hydrogen-bond acceptors (Lipinski definition) is 4. The number of carbonyl (C=O) groups excluding carboxylic acids is 1. The molecule has 1 N–H and O–H groups in total. The first-order valence-electron chi connectivity index (χ1n) is 12.1. The summed E-state index contributed by atoms with van der Waals surface area (Å²) in [5.41, 5.74) is 5.37. The molecular formula is C29H33N3O3. The van der Waals surface area contributed by atoms with Gasteiger partial charge in [-0.3, -0.25) is 4.79 Å². The monoisotopic (exact) mass is 471 g/mol. The number of aryl methyl sites for hydroxylation is 4. The Morgan fingerprint density at radius 1 is 0.943 bits per heavy atom. The highest BCUT2D eigenvalue weighted by Crippen LogP contribution is 2.19. The quantitative estimate of drug-likeness (QED) is 0.307. The first kappa shape index (κ1) is 24.3. The Balaban J connectivity index is 1.30. The molecule has 0 bridgehead atoms. The number of rotatable bonds is 11. The van der Waals surface area contributed by atoms with E-state index in [9.17, 15) is 4.79 Å². The van der Waals surface area contributed by atoms with Gasteiger partial charge in [-0.2, -0.15) is 0 Å². The second-order valence-electron chi connectivity index (χ2n) is 8.84. The Morgan fingerprint density at radius 2 is 1.77 bits per heavy atom. The third-order valence-electron chi connectivity index (χ3n) is 5.89. The standard InChI is InChI=1S/C29H33N3O3/c1-21-8-6-9-24(18-21)34-17-7-16-32-26-11-5-4-10-25(26)31-28(32)14-15-30-29(33)20-35-27-19-22(2)12-13-23(27)3/h4-6,8-13,18-19H,7,14-17,20H2,1-3H3,(H,30,33). The van der Waals surface area contributed by atoms with Crippen LogP contribution in [0.1, 0.15) is 28.9 Å². The van der Waals surface area contributed by atoms with E-state index in [1.54, 1.807) is 0 Å². The smallest absolute Gasteiger partial charge is 0.257 e. The van der Waals surface area contributed by atoms with Crippen LogP contribution in [0.25, 0.3) is 11.0 Å². The van der Waals surface area contributed by atoms with E-state index in [0.29, 0.717) is 19.6 Å². The van der Waals surface area contributed by atoms with Crippen LogP contribution in [0.5, 0.6) is 11.5 Å². The van der Waals surface area contributed by atoms with Gasteiger partial charge in [0.05, 0.1) is 17.6 Å². The molecule has 0 fully saturated rings. The Morgan fingerprint density at radius 3 is 2.63 bits per heavy atom. The molecule has 0 unspecified atom stereocenters. The summed E-state index contributed by atoms with van der Waals surface area (Å²) in [5, 5.41) is 2.96. The second-order valence-corrected chi connectivity index (χ2v) is 8.84. The van der Waals surface area contributed by atoms with Crippen molar-refractivity contribution in [1.82, 2.24) is 14.9 Å². The molecule has 0 aliphatic carbocycles. The normalized spacial score (nSPS) is 10.9. The topological polar surface area (TPSA) is 65.4 Å². The van der Waals surface area contributed by atoms with Gasteiger partial charge in [-0.15, -0.1) is 0 Å². The van der Waals surface area contributed by atoms with E-state index in [-0.39, 0.29) is 12.5 Å². The van der Waals surface area contributed by atoms with Gasteiger partial charge in [-0.05, 0) is 74.2 Å². The average molecular weight is 472 g/mol. The molecule has 0 aliphatic rings. The van der Waals surface area contributed by atoms with Gasteiger partial charge in [0.2, 0.25) is 0 Å². The molecule has 6 heteroatoms. The number of aromatic nitrogens is 2. The molecule has 0 aliphatic heterocycles. The van der Waals surface area contributed by atoms with Crippen molar-refractivity contribution >= 4 is 16.9 Å². The van der Waals surface area contributed by atoms with E-state index < -0.39 is 0 Å². The van der Waals surface area contributed by atoms with Crippen molar-refractivity contribution < 1.29 is 14.3 Å². The predicted molar refractivity (Wildman–Crippen MR) is 139 cm³/mol. The van der Waals surface area contributed by atoms with Crippen molar-refractivity contribution in [2.45, 2.75) is 40.2 Å². The fourth-order valence-electron chi connectivity index (χ4n) is 4.05. The van der Waals surface area contributed by atoms with Crippen LogP contribution in [0.3, 0.4) is 0 Å². The van der Waals surface area contributed by atoms with Crippen LogP contribution in [0.15, 0.2) is 66.7 Å². The summed E-state index contributed by atoms with van der Waals surface area (Å²) in [6.45, 7) is 7.96. The number of para-hydroxylation sites is 2. The van der Waals surface area contributed by atoms with Gasteiger partial charge in [0.25, 0.3) is 5.91 Å². The van der Waals surface area contributed by atoms with E-state index in [1.165, 1.54) is 5.56 Å². The van der Waals surface area contributed by atoms with E-state index in [0.717, 1.165) is 52.4 Å². The Kier molecular flexibility index (Phi) is 8.03. The molecule has 1 aromatic heterocycles. The highest BCUT2D eigenvalue weighted by Gasteiger charge is 2.11. The van der Waals surface area contributed by atoms with Crippen LogP contribution in [-0.4, -0.2) is 35.2 Å². The van der Waals surface area contributed by atoms with Crippen molar-refractivity contribution in [2.24, 2.45) is 0 Å². The summed E-state index contributed by atoms with van der Waals surface area (Å²) in [5.74, 6) is 2.46. The lowest BCUT2D eigenvalue weighted by Crippen LogP contribution is -2.31. The summed E-state index contributed by atoms with van der Waals surface area (Å²) in [6.07, 6.45) is 1.50. The maximum atomic E-state index is 12.3. The third kappa shape index (κ3) is 6.63. The number of amides is 1. The lowest BCUT2D eigenvalue weighted by atomic mass is 10.1. The average Bonchev–Trinajstić information content (AvgIpc) is 3.20. The number of carbonyl (C=O) groups is 1. The van der Waals surface area contributed by atoms with Crippen LogP contribution in [-0.2, 0) is 17.8 Å². The Hall–Kier alpha value is -3.80. The molecule has 1 amide bonds. The van der Waals surface area contributed by atoms with Gasteiger partial charge in [-0.1, -0.05) is 36.4 Å². The van der Waals surface area contributed by atoms with Crippen LogP contribution in [0, 0.1) is 20.8 Å². The summed E-state index contributed by atoms with van der Waals surface area (Å²) in [7, 11) is 0. The van der Waals surface area contributed by atoms with Crippen molar-refractivity contribution in [3.05, 3.63) is 89.2 Å². The third-order valence-corrected chi connectivity index (χ3v) is 5.89. The van der Waals surface area contributed by atoms with Crippen LogP contribution in [0.4, 0.5) is 0 Å². The van der Waals surface area contributed by atoms with E-state index >= 15 is 0 Å². The summed E-state index contributed by atoms with van der Waals surface area (Å²) in [6, 6.07) is 22.2. The van der Waals surface area contributed by atoms with E-state index in [4.69, 9.17) is 14.5 Å². The minimum Gasteiger partial charge on any atom is -0.494 e. The number of nitrogens with one attached hydrogen (secondary N) is 1. The fourth-order valence-corrected chi connectivity index (χ4v) is 4.05. The van der Waals surface area contributed by atoms with Crippen LogP contribution >= 0.6 is 0 Å². The molecule has 182 valence electrons. The molecule has 0 atom stereocenters. The maximum absolute atomic E-state index is 12.3. The zero-order valence-corrected chi connectivity index (χ0v) is 20.7. The minimum absolute atomic E-state index is 0.00297. The lowest BCUT2D eigenvalue weighted by Gasteiger charge is -2.12. The molecule has 4 aromatic rings. The SMILES string of the molecule is Cc1cccc(OCCCn2c(CCNC(=O)COc3cc(C)ccc3C)nc3ccccc32)c1. The number of imidazole rings is 1. The van der Waals surface area contributed by atoms with Crippen molar-refractivity contribution in [3.63, 3.8) is 0 Å². The van der Waals surface area contributed by atoms with E-state index in [2.05, 4.69) is 28.9 Å². The maximum Gasteiger partial charge on any atom is 0.257 e. The lowest BCUT2D eigenvalue weighted by molar-refractivity contribution is -0.123. The van der Waals surface area contributed by atoms with Crippen molar-refractivity contribution in [1.29, 1.82) is 0 Å². The highest BCUT2D eigenvalue weighted by molar-refractivity contribution is 5.78. The van der Waals surface area contributed by atoms with Crippen LogP contribution < -0.4 is 14.8 Å². The molecule has 0 saturated carbocycles. The molecule has 0 spiro atoms. The summed E-state index contributed by atoms with van der Waals surface area (Å²) < 4.78 is 13.9. The number of ether oxygens (including phenoxy) is 2. The minimum atomic E-state index is -0.139. The van der Waals surface area contributed by atoms with Gasteiger partial charge >= 0.3 is 0 Å². The van der Waals surface area contributed by atoms with E-state index in [1.807, 2.05) is 68.4 Å². The van der Waals surface area contributed by atoms with Gasteiger partial charge < -0.3 is 19.4 Å². The highest BCUT2D eigenvalue weighted by atomic mass is 16.5. The summed E-state index contributed by atoms with van der Waals surface area (Å²) >= 11 is 0. The largest absolute Gasteiger partial charge is 0.494 e. The zero-order chi connectivity index (χ0) is 24.6. The number of hydrogen-bond donors (Lipinski definition) is 1. The van der Waals surface area contributed by atoms with Gasteiger partial charge in [0.1, 0.15) is 17.3 Å². The molecule has 6 nitrogen and oxygen atoms in total. The number of nitrogens with zero attached hydrogens (tertiary/aromatic N) is 2. The zero-order valence-electron chi connectivity index (χ0n) is 20.7. The number of fused-ring (bicyclic) bond motifs is 1. The first-order chi connectivity index (χ1) is 17.0. The van der Waals surface area contributed by atoms with Gasteiger partial charge in [-0.25, -0.2) is 4.98 Å². The predicted octanol–water partition coefficient (Wildman–Crippen LogP) is 5.17. The molecule has 1 heterocycles. The molecular weight excluding hydrogens is 438 g/mol. The van der Waals surface area contributed by atoms with Crippen molar-refractivity contribution in [2.75, 3.05) is 19.8 Å². The molecule has 3 aromatic carbocycles. The van der Waals surface area contributed by atoms with Gasteiger partial charge in [0.15, 0.2) is 6.61 Å². The van der Waals surface area contributed by atoms with Crippen molar-refractivity contribution in [3.8, 4) is 11.5 Å².